The van der Waals surface area contributed by atoms with Crippen LogP contribution in [0.2, 0.25) is 5.02 Å². The molecule has 3 rings (SSSR count). The average Bonchev–Trinajstić information content (AvgIpc) is 2.64. The molecule has 0 aliphatic carbocycles. The van der Waals surface area contributed by atoms with Gasteiger partial charge in [-0.2, -0.15) is 0 Å². The van der Waals surface area contributed by atoms with Crippen molar-refractivity contribution in [2.24, 2.45) is 0 Å². The maximum atomic E-state index is 13.7. The highest BCUT2D eigenvalue weighted by atomic mass is 35.5. The number of rotatable bonds is 5. The van der Waals surface area contributed by atoms with Gasteiger partial charge in [0.15, 0.2) is 17.4 Å². The zero-order valence-corrected chi connectivity index (χ0v) is 14.8. The van der Waals surface area contributed by atoms with E-state index in [0.29, 0.717) is 11.5 Å². The second-order valence-corrected chi connectivity index (χ2v) is 5.76. The first kappa shape index (κ1) is 18.6. The summed E-state index contributed by atoms with van der Waals surface area (Å²) >= 11 is 6.16. The Morgan fingerprint density at radius 2 is 1.74 bits per heavy atom. The second-order valence-electron chi connectivity index (χ2n) is 5.36. The summed E-state index contributed by atoms with van der Waals surface area (Å²) in [5.74, 6) is -2.07. The predicted octanol–water partition coefficient (Wildman–Crippen LogP) is 5.07. The third kappa shape index (κ3) is 4.32. The maximum Gasteiger partial charge on any atom is 0.255 e. The summed E-state index contributed by atoms with van der Waals surface area (Å²) < 4.78 is 37.7. The van der Waals surface area contributed by atoms with Gasteiger partial charge in [0.25, 0.3) is 5.91 Å². The summed E-state index contributed by atoms with van der Waals surface area (Å²) in [5, 5.41) is 2.61. The number of nitrogens with one attached hydrogen (secondary N) is 1. The molecule has 2 aromatic carbocycles. The van der Waals surface area contributed by atoms with E-state index >= 15 is 0 Å². The SMILES string of the molecule is COc1c(F)cc(NC(=O)c2ccc(Oc3ccncc3)c(Cl)c2)cc1F. The van der Waals surface area contributed by atoms with E-state index in [1.54, 1.807) is 24.5 Å². The van der Waals surface area contributed by atoms with Crippen molar-refractivity contribution in [1.82, 2.24) is 4.98 Å². The fourth-order valence-electron chi connectivity index (χ4n) is 2.29. The van der Waals surface area contributed by atoms with Crippen LogP contribution in [0.3, 0.4) is 0 Å². The van der Waals surface area contributed by atoms with Crippen LogP contribution in [-0.4, -0.2) is 18.0 Å². The van der Waals surface area contributed by atoms with Gasteiger partial charge in [-0.15, -0.1) is 0 Å². The minimum Gasteiger partial charge on any atom is -0.491 e. The van der Waals surface area contributed by atoms with Crippen LogP contribution in [0.1, 0.15) is 10.4 Å². The molecule has 1 aromatic heterocycles. The molecular weight excluding hydrogens is 378 g/mol. The fraction of sp³-hybridized carbons (Fsp3) is 0.0526. The summed E-state index contributed by atoms with van der Waals surface area (Å²) in [7, 11) is 1.15. The molecule has 0 unspecified atom stereocenters. The van der Waals surface area contributed by atoms with E-state index < -0.39 is 23.3 Å². The number of carbonyl (C=O) groups is 1. The van der Waals surface area contributed by atoms with Crippen molar-refractivity contribution < 1.29 is 23.0 Å². The number of aromatic nitrogens is 1. The average molecular weight is 391 g/mol. The van der Waals surface area contributed by atoms with Crippen molar-refractivity contribution in [3.63, 3.8) is 0 Å². The largest absolute Gasteiger partial charge is 0.491 e. The minimum absolute atomic E-state index is 0.0518. The van der Waals surface area contributed by atoms with Crippen molar-refractivity contribution in [3.05, 3.63) is 77.1 Å². The highest BCUT2D eigenvalue weighted by Gasteiger charge is 2.15. The van der Waals surface area contributed by atoms with Crippen molar-refractivity contribution in [2.75, 3.05) is 12.4 Å². The Kier molecular flexibility index (Phi) is 5.52. The number of hydrogen-bond donors (Lipinski definition) is 1. The van der Waals surface area contributed by atoms with E-state index in [0.717, 1.165) is 19.2 Å². The van der Waals surface area contributed by atoms with Gasteiger partial charge >= 0.3 is 0 Å². The highest BCUT2D eigenvalue weighted by molar-refractivity contribution is 6.32. The number of benzene rings is 2. The van der Waals surface area contributed by atoms with Gasteiger partial charge < -0.3 is 14.8 Å². The normalized spacial score (nSPS) is 10.4. The predicted molar refractivity (Wildman–Crippen MR) is 96.6 cm³/mol. The smallest absolute Gasteiger partial charge is 0.255 e. The van der Waals surface area contributed by atoms with E-state index in [4.69, 9.17) is 16.3 Å². The molecule has 0 saturated carbocycles. The zero-order valence-electron chi connectivity index (χ0n) is 14.0. The molecule has 0 fully saturated rings. The summed E-state index contributed by atoms with van der Waals surface area (Å²) in [5.41, 5.74) is 0.141. The molecule has 3 aromatic rings. The second kappa shape index (κ2) is 8.01. The maximum absolute atomic E-state index is 13.7. The lowest BCUT2D eigenvalue weighted by Gasteiger charge is -2.11. The summed E-state index contributed by atoms with van der Waals surface area (Å²) in [4.78, 5) is 16.2. The molecule has 27 heavy (non-hydrogen) atoms. The molecule has 138 valence electrons. The molecule has 8 heteroatoms. The third-order valence-electron chi connectivity index (χ3n) is 3.53. The Balaban J connectivity index is 1.77. The quantitative estimate of drug-likeness (QED) is 0.661. The number of ether oxygens (including phenoxy) is 2. The van der Waals surface area contributed by atoms with Crippen LogP contribution in [0.5, 0.6) is 17.2 Å². The molecular formula is C19H13ClF2N2O3. The Hall–Kier alpha value is -3.19. The van der Waals surface area contributed by atoms with E-state index in [1.807, 2.05) is 0 Å². The molecule has 0 aliphatic heterocycles. The van der Waals surface area contributed by atoms with Crippen LogP contribution in [0.15, 0.2) is 54.9 Å². The van der Waals surface area contributed by atoms with E-state index in [1.165, 1.54) is 18.2 Å². The number of pyridine rings is 1. The Morgan fingerprint density at radius 3 is 2.33 bits per heavy atom. The van der Waals surface area contributed by atoms with Crippen LogP contribution >= 0.6 is 11.6 Å². The van der Waals surface area contributed by atoms with E-state index in [2.05, 4.69) is 15.0 Å². The number of amides is 1. The van der Waals surface area contributed by atoms with E-state index in [-0.39, 0.29) is 16.3 Å². The Labute approximate surface area is 158 Å². The van der Waals surface area contributed by atoms with Crippen molar-refractivity contribution in [2.45, 2.75) is 0 Å². The van der Waals surface area contributed by atoms with Crippen molar-refractivity contribution >= 4 is 23.2 Å². The van der Waals surface area contributed by atoms with Gasteiger partial charge in [-0.05, 0) is 30.3 Å². The molecule has 0 bridgehead atoms. The lowest BCUT2D eigenvalue weighted by atomic mass is 10.2. The summed E-state index contributed by atoms with van der Waals surface area (Å²) in [6, 6.07) is 9.63. The number of carbonyl (C=O) groups excluding carboxylic acids is 1. The first-order chi connectivity index (χ1) is 13.0. The number of methoxy groups -OCH3 is 1. The molecule has 1 amide bonds. The summed E-state index contributed by atoms with van der Waals surface area (Å²) in [6.07, 6.45) is 3.14. The Morgan fingerprint density at radius 1 is 1.07 bits per heavy atom. The van der Waals surface area contributed by atoms with Gasteiger partial charge in [0.05, 0.1) is 12.1 Å². The van der Waals surface area contributed by atoms with Crippen molar-refractivity contribution in [1.29, 1.82) is 0 Å². The van der Waals surface area contributed by atoms with Crippen LogP contribution < -0.4 is 14.8 Å². The Bertz CT molecular complexity index is 961. The fourth-order valence-corrected chi connectivity index (χ4v) is 2.51. The molecule has 0 radical (unpaired) electrons. The molecule has 0 saturated heterocycles. The first-order valence-corrected chi connectivity index (χ1v) is 8.07. The van der Waals surface area contributed by atoms with Crippen molar-refractivity contribution in [3.8, 4) is 17.2 Å². The number of halogens is 3. The number of anilines is 1. The lowest BCUT2D eigenvalue weighted by molar-refractivity contribution is 0.102. The van der Waals surface area contributed by atoms with E-state index in [9.17, 15) is 13.6 Å². The zero-order chi connectivity index (χ0) is 19.4. The van der Waals surface area contributed by atoms with Crippen LogP contribution in [0, 0.1) is 11.6 Å². The summed E-state index contributed by atoms with van der Waals surface area (Å²) in [6.45, 7) is 0. The number of nitrogens with zero attached hydrogens (tertiary/aromatic N) is 1. The lowest BCUT2D eigenvalue weighted by Crippen LogP contribution is -2.12. The van der Waals surface area contributed by atoms with Crippen LogP contribution in [0.25, 0.3) is 0 Å². The van der Waals surface area contributed by atoms with Gasteiger partial charge in [0.2, 0.25) is 0 Å². The molecule has 0 spiro atoms. The van der Waals surface area contributed by atoms with Gasteiger partial charge in [-0.25, -0.2) is 8.78 Å². The third-order valence-corrected chi connectivity index (χ3v) is 3.83. The molecule has 0 aliphatic rings. The minimum atomic E-state index is -0.924. The molecule has 1 N–H and O–H groups in total. The highest BCUT2D eigenvalue weighted by Crippen LogP contribution is 2.30. The first-order valence-electron chi connectivity index (χ1n) is 7.69. The van der Waals surface area contributed by atoms with Gasteiger partial charge in [-0.1, -0.05) is 11.6 Å². The molecule has 5 nitrogen and oxygen atoms in total. The van der Waals surface area contributed by atoms with Gasteiger partial charge in [-0.3, -0.25) is 9.78 Å². The standard InChI is InChI=1S/C19H13ClF2N2O3/c1-26-18-15(21)9-12(10-16(18)22)24-19(25)11-2-3-17(14(20)8-11)27-13-4-6-23-7-5-13/h2-10H,1H3,(H,24,25). The molecule has 1 heterocycles. The number of hydrogen-bond acceptors (Lipinski definition) is 4. The topological polar surface area (TPSA) is 60.5 Å². The van der Waals surface area contributed by atoms with Gasteiger partial charge in [0, 0.05) is 35.8 Å². The monoisotopic (exact) mass is 390 g/mol. The van der Waals surface area contributed by atoms with Crippen LogP contribution in [-0.2, 0) is 0 Å². The molecule has 0 atom stereocenters. The van der Waals surface area contributed by atoms with Crippen LogP contribution in [0.4, 0.5) is 14.5 Å². The van der Waals surface area contributed by atoms with Gasteiger partial charge in [0.1, 0.15) is 11.5 Å².